The number of pyridine rings is 1. The van der Waals surface area contributed by atoms with Gasteiger partial charge in [0.05, 0.1) is 25.6 Å². The zero-order valence-corrected chi connectivity index (χ0v) is 16.9. The van der Waals surface area contributed by atoms with Gasteiger partial charge in [-0.2, -0.15) is 17.6 Å². The van der Waals surface area contributed by atoms with Gasteiger partial charge in [0.2, 0.25) is 5.82 Å². The van der Waals surface area contributed by atoms with Gasteiger partial charge in [-0.05, 0) is 19.1 Å². The Kier molecular flexibility index (Phi) is 6.08. The Bertz CT molecular complexity index is 1070. The number of hydrogen-bond acceptors (Lipinski definition) is 5. The van der Waals surface area contributed by atoms with Gasteiger partial charge in [-0.3, -0.25) is 0 Å². The number of hydrogen-bond donors (Lipinski definition) is 2. The van der Waals surface area contributed by atoms with Crippen LogP contribution in [-0.2, 0) is 4.74 Å². The number of halogens is 5. The molecule has 0 amide bonds. The van der Waals surface area contributed by atoms with Crippen molar-refractivity contribution in [2.75, 3.05) is 19.5 Å². The number of ether oxygens (including phenoxy) is 2. The number of methoxy groups -OCH3 is 1. The zero-order valence-electron chi connectivity index (χ0n) is 16.9. The van der Waals surface area contributed by atoms with Crippen LogP contribution < -0.4 is 10.5 Å². The highest BCUT2D eigenvalue weighted by Crippen LogP contribution is 2.51. The normalized spacial score (nSPS) is 23.5. The number of alkyl halides is 3. The van der Waals surface area contributed by atoms with E-state index >= 15 is 0 Å². The Morgan fingerprint density at radius 1 is 1.23 bits per heavy atom. The van der Waals surface area contributed by atoms with Crippen LogP contribution in [0.3, 0.4) is 0 Å². The number of nitrogen functional groups attached to an aromatic ring is 1. The summed E-state index contributed by atoms with van der Waals surface area (Å²) in [6.07, 6.45) is -1.30. The lowest BCUT2D eigenvalue weighted by molar-refractivity contribution is -0.266. The number of aromatic nitrogens is 3. The Balaban J connectivity index is 0.000000225. The average Bonchev–Trinajstić information content (AvgIpc) is 3.31. The molecule has 4 rings (SSSR count). The van der Waals surface area contributed by atoms with Crippen LogP contribution in [0.25, 0.3) is 11.0 Å². The zero-order chi connectivity index (χ0) is 23.0. The number of nitrogens with two attached hydrogens (primary N) is 1. The molecule has 3 aromatic rings. The summed E-state index contributed by atoms with van der Waals surface area (Å²) in [6.45, 7) is 2.11. The topological polar surface area (TPSA) is 86.0 Å². The molecule has 0 spiro atoms. The van der Waals surface area contributed by atoms with E-state index in [0.717, 1.165) is 31.1 Å². The van der Waals surface area contributed by atoms with Crippen LogP contribution in [0.5, 0.6) is 5.75 Å². The van der Waals surface area contributed by atoms with E-state index in [9.17, 15) is 22.0 Å². The highest BCUT2D eigenvalue weighted by molar-refractivity contribution is 5.83. The fourth-order valence-corrected chi connectivity index (χ4v) is 3.56. The second kappa shape index (κ2) is 8.29. The number of anilines is 1. The van der Waals surface area contributed by atoms with Crippen molar-refractivity contribution in [2.24, 2.45) is 5.92 Å². The van der Waals surface area contributed by atoms with Crippen LogP contribution in [0.1, 0.15) is 25.3 Å². The van der Waals surface area contributed by atoms with Crippen molar-refractivity contribution in [2.45, 2.75) is 31.5 Å². The summed E-state index contributed by atoms with van der Waals surface area (Å²) in [6, 6.07) is 3.95. The Labute approximate surface area is 174 Å². The maximum atomic E-state index is 13.7. The first kappa shape index (κ1) is 22.7. The fraction of sp³-hybridized carbons (Fsp3) is 0.400. The van der Waals surface area contributed by atoms with Crippen LogP contribution >= 0.6 is 0 Å². The molecule has 1 aliphatic heterocycles. The third kappa shape index (κ3) is 4.01. The van der Waals surface area contributed by atoms with Crippen LogP contribution in [0.4, 0.5) is 27.8 Å². The number of nitrogens with zero attached hydrogens (tertiary/aromatic N) is 2. The van der Waals surface area contributed by atoms with Gasteiger partial charge in [0.1, 0.15) is 5.52 Å². The maximum absolute atomic E-state index is 13.7. The van der Waals surface area contributed by atoms with Crippen LogP contribution in [-0.4, -0.2) is 40.4 Å². The minimum Gasteiger partial charge on any atom is -0.493 e. The maximum Gasteiger partial charge on any atom is 0.417 e. The lowest BCUT2D eigenvalue weighted by Gasteiger charge is -2.32. The number of fused-ring (bicyclic) bond motifs is 1. The number of aromatic amines is 1. The van der Waals surface area contributed by atoms with Crippen molar-refractivity contribution in [1.29, 1.82) is 0 Å². The van der Waals surface area contributed by atoms with Gasteiger partial charge in [-0.15, -0.1) is 0 Å². The molecule has 6 nitrogen and oxygen atoms in total. The first-order valence-corrected chi connectivity index (χ1v) is 9.27. The molecular formula is C20H21F5N4O2. The van der Waals surface area contributed by atoms with E-state index in [1.165, 1.54) is 13.0 Å². The van der Waals surface area contributed by atoms with Crippen molar-refractivity contribution in [3.63, 3.8) is 0 Å². The highest BCUT2D eigenvalue weighted by Gasteiger charge is 2.61. The van der Waals surface area contributed by atoms with Gasteiger partial charge >= 0.3 is 6.18 Å². The second-order valence-electron chi connectivity index (χ2n) is 7.29. The summed E-state index contributed by atoms with van der Waals surface area (Å²) in [5.41, 5.74) is 5.02. The SMILES string of the molecule is COc1c(C2CO[C@@](C)(C(F)(F)F)C2C)ccc(F)c1F.Nc1nccc2[nH]cnc12. The average molecular weight is 444 g/mol. The number of nitrogens with one attached hydrogen (secondary N) is 1. The van der Waals surface area contributed by atoms with Gasteiger partial charge in [-0.25, -0.2) is 14.4 Å². The summed E-state index contributed by atoms with van der Waals surface area (Å²) < 4.78 is 76.0. The van der Waals surface area contributed by atoms with Crippen molar-refractivity contribution in [3.8, 4) is 5.75 Å². The number of imidazole rings is 1. The Morgan fingerprint density at radius 3 is 2.52 bits per heavy atom. The molecule has 3 atom stereocenters. The van der Waals surface area contributed by atoms with E-state index in [-0.39, 0.29) is 17.9 Å². The van der Waals surface area contributed by atoms with E-state index in [2.05, 4.69) is 15.0 Å². The summed E-state index contributed by atoms with van der Waals surface area (Å²) in [7, 11) is 1.14. The summed E-state index contributed by atoms with van der Waals surface area (Å²) in [4.78, 5) is 10.8. The predicted octanol–water partition coefficient (Wildman–Crippen LogP) is 4.58. The molecule has 1 saturated heterocycles. The smallest absolute Gasteiger partial charge is 0.417 e. The number of benzene rings is 1. The molecule has 0 radical (unpaired) electrons. The van der Waals surface area contributed by atoms with Crippen molar-refractivity contribution in [1.82, 2.24) is 15.0 Å². The van der Waals surface area contributed by atoms with Crippen molar-refractivity contribution in [3.05, 3.63) is 47.9 Å². The van der Waals surface area contributed by atoms with E-state index in [1.54, 1.807) is 12.5 Å². The fourth-order valence-electron chi connectivity index (χ4n) is 3.56. The third-order valence-electron chi connectivity index (χ3n) is 5.65. The molecule has 168 valence electrons. The molecule has 2 unspecified atom stereocenters. The summed E-state index contributed by atoms with van der Waals surface area (Å²) >= 11 is 0. The lowest BCUT2D eigenvalue weighted by Crippen LogP contribution is -2.46. The monoisotopic (exact) mass is 444 g/mol. The summed E-state index contributed by atoms with van der Waals surface area (Å²) in [5, 5.41) is 0. The van der Waals surface area contributed by atoms with E-state index in [4.69, 9.17) is 15.2 Å². The van der Waals surface area contributed by atoms with Gasteiger partial charge in [0, 0.05) is 23.6 Å². The van der Waals surface area contributed by atoms with E-state index < -0.39 is 35.2 Å². The quantitative estimate of drug-likeness (QED) is 0.565. The van der Waals surface area contributed by atoms with Gasteiger partial charge in [0.25, 0.3) is 0 Å². The van der Waals surface area contributed by atoms with E-state index in [1.807, 2.05) is 6.07 Å². The Morgan fingerprint density at radius 2 is 1.94 bits per heavy atom. The molecule has 11 heteroatoms. The van der Waals surface area contributed by atoms with Gasteiger partial charge in [0.15, 0.2) is 23.0 Å². The van der Waals surface area contributed by atoms with Crippen LogP contribution in [0.2, 0.25) is 0 Å². The van der Waals surface area contributed by atoms with Gasteiger partial charge in [-0.1, -0.05) is 13.0 Å². The first-order valence-electron chi connectivity index (χ1n) is 9.27. The highest BCUT2D eigenvalue weighted by atomic mass is 19.4. The molecule has 3 N–H and O–H groups in total. The second-order valence-corrected chi connectivity index (χ2v) is 7.29. The van der Waals surface area contributed by atoms with Crippen molar-refractivity contribution >= 4 is 16.9 Å². The minimum atomic E-state index is -4.55. The van der Waals surface area contributed by atoms with Crippen molar-refractivity contribution < 1.29 is 31.4 Å². The molecule has 0 bridgehead atoms. The minimum absolute atomic E-state index is 0.178. The van der Waals surface area contributed by atoms with Gasteiger partial charge < -0.3 is 20.2 Å². The molecule has 0 saturated carbocycles. The summed E-state index contributed by atoms with van der Waals surface area (Å²) in [5.74, 6) is -3.91. The molecule has 3 heterocycles. The molecule has 1 fully saturated rings. The first-order chi connectivity index (χ1) is 14.5. The lowest BCUT2D eigenvalue weighted by atomic mass is 9.79. The van der Waals surface area contributed by atoms with Crippen LogP contribution in [0.15, 0.2) is 30.7 Å². The largest absolute Gasteiger partial charge is 0.493 e. The standard InChI is InChI=1S/C14H15F5O2.C6H6N4/c1-7-9(6-21-13(7,2)14(17,18)19)8-4-5-10(15)11(16)12(8)20-3;7-6-5-4(1-2-8-6)9-3-10-5/h4-5,7,9H,6H2,1-3H3;1-3H,(H2,7,8)(H,9,10)/t7?,9?,13-;/m1./s1. The molecule has 1 aliphatic rings. The number of rotatable bonds is 2. The van der Waals surface area contributed by atoms with Crippen LogP contribution in [0, 0.1) is 17.6 Å². The molecule has 2 aromatic heterocycles. The molecule has 0 aliphatic carbocycles. The Hall–Kier alpha value is -2.95. The third-order valence-corrected chi connectivity index (χ3v) is 5.65. The van der Waals surface area contributed by atoms with E-state index in [0.29, 0.717) is 5.82 Å². The molecule has 1 aromatic carbocycles. The number of H-pyrrole nitrogens is 1. The molecular weight excluding hydrogens is 423 g/mol. The molecule has 31 heavy (non-hydrogen) atoms. The predicted molar refractivity (Wildman–Crippen MR) is 104 cm³/mol.